The van der Waals surface area contributed by atoms with Crippen molar-refractivity contribution in [1.29, 1.82) is 5.26 Å². The molecule has 0 saturated carbocycles. The zero-order valence-corrected chi connectivity index (χ0v) is 19.4. The molecule has 2 saturated heterocycles. The molecule has 6 nitrogen and oxygen atoms in total. The van der Waals surface area contributed by atoms with Gasteiger partial charge in [0.2, 0.25) is 11.8 Å². The maximum atomic E-state index is 13.5. The molecule has 2 aromatic carbocycles. The third-order valence-electron chi connectivity index (χ3n) is 7.32. The molecular weight excluding hydrogens is 457 g/mol. The van der Waals surface area contributed by atoms with E-state index in [0.29, 0.717) is 44.6 Å². The molecule has 184 valence electrons. The van der Waals surface area contributed by atoms with Crippen molar-refractivity contribution in [1.82, 2.24) is 10.2 Å². The standard InChI is InChI=1S/C26H27F3N4O2/c1-31-24(35)22-16-33(20-8-7-19(15-30)21(14-20)26(27,28)29)17-25(22)9-11-32(12-10-25)23(34)13-18-5-3-2-4-6-18/h2-8,14,22H,9-13,16-17H2,1H3,(H,31,35). The Kier molecular flexibility index (Phi) is 6.75. The zero-order valence-electron chi connectivity index (χ0n) is 19.4. The van der Waals surface area contributed by atoms with E-state index in [2.05, 4.69) is 5.32 Å². The van der Waals surface area contributed by atoms with Crippen molar-refractivity contribution in [2.45, 2.75) is 25.4 Å². The molecule has 9 heteroatoms. The van der Waals surface area contributed by atoms with Crippen LogP contribution in [0.25, 0.3) is 0 Å². The number of likely N-dealkylation sites (tertiary alicyclic amines) is 1. The third-order valence-corrected chi connectivity index (χ3v) is 7.32. The maximum Gasteiger partial charge on any atom is 0.417 e. The molecule has 0 radical (unpaired) electrons. The Balaban J connectivity index is 1.53. The minimum absolute atomic E-state index is 0.0271. The van der Waals surface area contributed by atoms with E-state index in [-0.39, 0.29) is 18.4 Å². The second-order valence-electron chi connectivity index (χ2n) is 9.29. The van der Waals surface area contributed by atoms with Gasteiger partial charge < -0.3 is 15.1 Å². The van der Waals surface area contributed by atoms with E-state index in [9.17, 15) is 22.8 Å². The number of rotatable bonds is 4. The van der Waals surface area contributed by atoms with Gasteiger partial charge in [-0.15, -0.1) is 0 Å². The number of amides is 2. The first-order chi connectivity index (χ1) is 16.7. The summed E-state index contributed by atoms with van der Waals surface area (Å²) in [5.41, 5.74) is -0.575. The van der Waals surface area contributed by atoms with Gasteiger partial charge in [-0.25, -0.2) is 0 Å². The Morgan fingerprint density at radius 2 is 1.83 bits per heavy atom. The molecule has 0 bridgehead atoms. The fraction of sp³-hybridized carbons (Fsp3) is 0.423. The summed E-state index contributed by atoms with van der Waals surface area (Å²) in [6, 6.07) is 14.8. The van der Waals surface area contributed by atoms with Crippen LogP contribution < -0.4 is 10.2 Å². The normalized spacial score (nSPS) is 19.5. The Morgan fingerprint density at radius 1 is 1.14 bits per heavy atom. The van der Waals surface area contributed by atoms with E-state index in [4.69, 9.17) is 5.26 Å². The lowest BCUT2D eigenvalue weighted by Crippen LogP contribution is -2.49. The molecule has 2 amide bonds. The molecule has 1 atom stereocenters. The summed E-state index contributed by atoms with van der Waals surface area (Å²) >= 11 is 0. The average molecular weight is 485 g/mol. The van der Waals surface area contributed by atoms with Gasteiger partial charge in [0, 0.05) is 44.3 Å². The fourth-order valence-corrected chi connectivity index (χ4v) is 5.35. The highest BCUT2D eigenvalue weighted by molar-refractivity contribution is 5.82. The summed E-state index contributed by atoms with van der Waals surface area (Å²) in [6.07, 6.45) is -3.16. The number of alkyl halides is 3. The number of carbonyl (C=O) groups is 2. The number of anilines is 1. The van der Waals surface area contributed by atoms with E-state index in [1.165, 1.54) is 12.1 Å². The van der Waals surface area contributed by atoms with Gasteiger partial charge in [-0.1, -0.05) is 30.3 Å². The lowest BCUT2D eigenvalue weighted by molar-refractivity contribution is -0.138. The molecule has 1 spiro atoms. The van der Waals surface area contributed by atoms with Gasteiger partial charge in [0.1, 0.15) is 0 Å². The second kappa shape index (κ2) is 9.61. The van der Waals surface area contributed by atoms with E-state index in [1.807, 2.05) is 35.2 Å². The Morgan fingerprint density at radius 3 is 2.43 bits per heavy atom. The SMILES string of the molecule is CNC(=O)C1CN(c2ccc(C#N)c(C(F)(F)F)c2)CC12CCN(C(=O)Cc1ccccc1)CC2. The Bertz CT molecular complexity index is 1140. The molecule has 2 heterocycles. The highest BCUT2D eigenvalue weighted by atomic mass is 19.4. The van der Waals surface area contributed by atoms with Crippen molar-refractivity contribution in [3.63, 3.8) is 0 Å². The van der Waals surface area contributed by atoms with Gasteiger partial charge >= 0.3 is 6.18 Å². The van der Waals surface area contributed by atoms with E-state index in [1.54, 1.807) is 18.0 Å². The van der Waals surface area contributed by atoms with Crippen LogP contribution in [0.5, 0.6) is 0 Å². The smallest absolute Gasteiger partial charge is 0.370 e. The van der Waals surface area contributed by atoms with Crippen LogP contribution in [0, 0.1) is 22.7 Å². The average Bonchev–Trinajstić information content (AvgIpc) is 3.22. The summed E-state index contributed by atoms with van der Waals surface area (Å²) in [6.45, 7) is 1.68. The molecule has 2 aromatic rings. The van der Waals surface area contributed by atoms with Crippen LogP contribution in [-0.4, -0.2) is 49.9 Å². The first-order valence-electron chi connectivity index (χ1n) is 11.6. The molecule has 4 rings (SSSR count). The minimum atomic E-state index is -4.65. The summed E-state index contributed by atoms with van der Waals surface area (Å²) in [7, 11) is 1.56. The van der Waals surface area contributed by atoms with Crippen molar-refractivity contribution in [3.05, 3.63) is 65.2 Å². The topological polar surface area (TPSA) is 76.4 Å². The quantitative estimate of drug-likeness (QED) is 0.720. The predicted octanol–water partition coefficient (Wildman–Crippen LogP) is 3.61. The summed E-state index contributed by atoms with van der Waals surface area (Å²) in [5.74, 6) is -0.538. The maximum absolute atomic E-state index is 13.5. The number of nitrogens with zero attached hydrogens (tertiary/aromatic N) is 3. The zero-order chi connectivity index (χ0) is 25.2. The van der Waals surface area contributed by atoms with Gasteiger partial charge in [-0.3, -0.25) is 9.59 Å². The van der Waals surface area contributed by atoms with Crippen LogP contribution >= 0.6 is 0 Å². The van der Waals surface area contributed by atoms with Crippen molar-refractivity contribution in [3.8, 4) is 6.07 Å². The van der Waals surface area contributed by atoms with Crippen molar-refractivity contribution < 1.29 is 22.8 Å². The van der Waals surface area contributed by atoms with Gasteiger partial charge in [0.25, 0.3) is 0 Å². The third kappa shape index (κ3) is 4.97. The van der Waals surface area contributed by atoms with Crippen molar-refractivity contribution in [2.75, 3.05) is 38.1 Å². The van der Waals surface area contributed by atoms with Crippen LogP contribution in [0.15, 0.2) is 48.5 Å². The fourth-order valence-electron chi connectivity index (χ4n) is 5.35. The molecule has 1 N–H and O–H groups in total. The lowest BCUT2D eigenvalue weighted by atomic mass is 9.70. The van der Waals surface area contributed by atoms with Gasteiger partial charge in [0.15, 0.2) is 0 Å². The van der Waals surface area contributed by atoms with E-state index in [0.717, 1.165) is 11.6 Å². The van der Waals surface area contributed by atoms with Crippen LogP contribution in [-0.2, 0) is 22.2 Å². The number of piperidine rings is 1. The number of hydrogen-bond acceptors (Lipinski definition) is 4. The number of halogens is 3. The minimum Gasteiger partial charge on any atom is -0.370 e. The van der Waals surface area contributed by atoms with Gasteiger partial charge in [-0.2, -0.15) is 18.4 Å². The summed E-state index contributed by atoms with van der Waals surface area (Å²) < 4.78 is 40.5. The van der Waals surface area contributed by atoms with Crippen molar-refractivity contribution >= 4 is 17.5 Å². The first kappa shape index (κ1) is 24.6. The highest BCUT2D eigenvalue weighted by Gasteiger charge is 2.51. The molecule has 1 unspecified atom stereocenters. The van der Waals surface area contributed by atoms with Gasteiger partial charge in [-0.05, 0) is 36.6 Å². The number of hydrogen-bond donors (Lipinski definition) is 1. The highest BCUT2D eigenvalue weighted by Crippen LogP contribution is 2.47. The molecule has 2 aliphatic heterocycles. The molecule has 0 aromatic heterocycles. The Hall–Kier alpha value is -3.54. The van der Waals surface area contributed by atoms with Crippen LogP contribution in [0.4, 0.5) is 18.9 Å². The monoisotopic (exact) mass is 484 g/mol. The molecule has 0 aliphatic carbocycles. The summed E-state index contributed by atoms with van der Waals surface area (Å²) in [5, 5.41) is 11.8. The number of benzene rings is 2. The van der Waals surface area contributed by atoms with E-state index < -0.39 is 28.6 Å². The number of nitriles is 1. The number of nitrogens with one attached hydrogen (secondary N) is 1. The second-order valence-corrected chi connectivity index (χ2v) is 9.29. The predicted molar refractivity (Wildman–Crippen MR) is 124 cm³/mol. The van der Waals surface area contributed by atoms with Gasteiger partial charge in [0.05, 0.1) is 29.5 Å². The molecular formula is C26H27F3N4O2. The van der Waals surface area contributed by atoms with Crippen LogP contribution in [0.3, 0.4) is 0 Å². The Labute approximate surface area is 202 Å². The first-order valence-corrected chi connectivity index (χ1v) is 11.6. The van der Waals surface area contributed by atoms with E-state index >= 15 is 0 Å². The van der Waals surface area contributed by atoms with Crippen molar-refractivity contribution in [2.24, 2.45) is 11.3 Å². The summed E-state index contributed by atoms with van der Waals surface area (Å²) in [4.78, 5) is 29.2. The molecule has 35 heavy (non-hydrogen) atoms. The lowest BCUT2D eigenvalue weighted by Gasteiger charge is -2.42. The molecule has 2 aliphatic rings. The van der Waals surface area contributed by atoms with Crippen LogP contribution in [0.2, 0.25) is 0 Å². The van der Waals surface area contributed by atoms with Crippen LogP contribution in [0.1, 0.15) is 29.5 Å². The number of carbonyl (C=O) groups excluding carboxylic acids is 2. The largest absolute Gasteiger partial charge is 0.417 e. The molecule has 2 fully saturated rings.